The molecule has 1 aromatic rings. The van der Waals surface area contributed by atoms with Crippen LogP contribution in [0.15, 0.2) is 23.4 Å². The van der Waals surface area contributed by atoms with Crippen molar-refractivity contribution in [3.8, 4) is 0 Å². The molecule has 3 aliphatic rings. The van der Waals surface area contributed by atoms with Gasteiger partial charge in [0.15, 0.2) is 17.3 Å². The molecule has 0 unspecified atom stereocenters. The zero-order chi connectivity index (χ0) is 13.8. The van der Waals surface area contributed by atoms with Crippen molar-refractivity contribution in [2.75, 3.05) is 13.1 Å². The van der Waals surface area contributed by atoms with Crippen LogP contribution in [0.3, 0.4) is 0 Å². The van der Waals surface area contributed by atoms with E-state index in [4.69, 9.17) is 0 Å². The van der Waals surface area contributed by atoms with Crippen molar-refractivity contribution < 1.29 is 17.1 Å². The Balaban J connectivity index is 0.00000161. The molecule has 3 fully saturated rings. The maximum atomic E-state index is 4.50. The number of fused-ring (bicyclic) bond motifs is 4. The van der Waals surface area contributed by atoms with E-state index in [1.165, 1.54) is 25.7 Å². The Labute approximate surface area is 141 Å². The summed E-state index contributed by atoms with van der Waals surface area (Å²) in [5.41, 5.74) is 4.89. The Morgan fingerprint density at radius 1 is 1.29 bits per heavy atom. The molecule has 0 spiro atoms. The van der Waals surface area contributed by atoms with E-state index in [0.29, 0.717) is 10.8 Å². The van der Waals surface area contributed by atoms with Crippen LogP contribution in [0.2, 0.25) is 0 Å². The van der Waals surface area contributed by atoms with Crippen LogP contribution < -0.4 is 0 Å². The molecule has 0 atom stereocenters. The van der Waals surface area contributed by atoms with Gasteiger partial charge in [0, 0.05) is 25.5 Å². The monoisotopic (exact) mass is 352 g/mol. The van der Waals surface area contributed by atoms with Gasteiger partial charge in [-0.05, 0) is 49.7 Å². The summed E-state index contributed by atoms with van der Waals surface area (Å²) in [6.45, 7) is 2.14. The van der Waals surface area contributed by atoms with Crippen molar-refractivity contribution in [2.24, 2.45) is 16.9 Å². The van der Waals surface area contributed by atoms with E-state index in [-0.39, 0.29) is 17.1 Å². The van der Waals surface area contributed by atoms with Gasteiger partial charge in [0.25, 0.3) is 0 Å². The zero-order valence-corrected chi connectivity index (χ0v) is 13.5. The minimum Gasteiger partial charge on any atom is -0.515 e. The van der Waals surface area contributed by atoms with Crippen LogP contribution in [-0.4, -0.2) is 39.5 Å². The second-order valence-corrected chi connectivity index (χ2v) is 5.98. The minimum absolute atomic E-state index is 0. The Morgan fingerprint density at radius 2 is 1.95 bits per heavy atom. The number of hydrogen-bond donors (Lipinski definition) is 0. The number of thiol groups is 1. The van der Waals surface area contributed by atoms with E-state index in [0.717, 1.165) is 24.9 Å². The molecule has 0 N–H and O–H groups in total. The van der Waals surface area contributed by atoms with Gasteiger partial charge in [-0.3, -0.25) is 0 Å². The Morgan fingerprint density at radius 3 is 2.52 bits per heavy atom. The molecule has 1 saturated carbocycles. The Kier molecular flexibility index (Phi) is 6.23. The summed E-state index contributed by atoms with van der Waals surface area (Å²) in [6, 6.07) is 3.67. The Bertz CT molecular complexity index is 473. The quantitative estimate of drug-likeness (QED) is 0.203. The van der Waals surface area contributed by atoms with Gasteiger partial charge in [0.05, 0.1) is 0 Å². The third kappa shape index (κ3) is 4.54. The van der Waals surface area contributed by atoms with Crippen molar-refractivity contribution in [3.63, 3.8) is 0 Å². The molecule has 7 heteroatoms. The third-order valence-electron chi connectivity index (χ3n) is 4.14. The van der Waals surface area contributed by atoms with E-state index in [9.17, 15) is 0 Å². The van der Waals surface area contributed by atoms with Crippen LogP contribution in [0.4, 0.5) is 0 Å². The van der Waals surface area contributed by atoms with Crippen molar-refractivity contribution in [1.82, 2.24) is 15.1 Å². The van der Waals surface area contributed by atoms with Gasteiger partial charge in [0.2, 0.25) is 0 Å². The van der Waals surface area contributed by atoms with Gasteiger partial charge in [-0.25, -0.2) is 4.90 Å². The molecular formula is C14H19CuN5S+. The molecule has 2 bridgehead atoms. The number of rotatable bonds is 2. The first-order chi connectivity index (χ1) is 9.81. The predicted octanol–water partition coefficient (Wildman–Crippen LogP) is 1.67. The molecule has 116 valence electrons. The van der Waals surface area contributed by atoms with Gasteiger partial charge in [-0.1, -0.05) is 0 Å². The molecule has 5 nitrogen and oxygen atoms in total. The molecular weight excluding hydrogens is 334 g/mol. The number of hydrogen-bond acceptors (Lipinski definition) is 3. The number of aromatic nitrogens is 2. The molecule has 21 heavy (non-hydrogen) atoms. The summed E-state index contributed by atoms with van der Waals surface area (Å²) < 4.78 is 0. The molecule has 0 aromatic carbocycles. The van der Waals surface area contributed by atoms with Crippen LogP contribution >= 0.6 is 0 Å². The summed E-state index contributed by atoms with van der Waals surface area (Å²) in [4.78, 5) is 2.27. The summed E-state index contributed by atoms with van der Waals surface area (Å²) in [6.07, 6.45) is 8.65. The second kappa shape index (κ2) is 7.94. The SMILES string of the molecule is [Cu+].[SH+]=C([N-]N=Cc1cccnn1)N1CC2CCC(CC2)C1. The maximum absolute atomic E-state index is 4.50. The summed E-state index contributed by atoms with van der Waals surface area (Å²) in [5.74, 6) is 1.60. The van der Waals surface area contributed by atoms with E-state index < -0.39 is 0 Å². The van der Waals surface area contributed by atoms with Crippen molar-refractivity contribution in [3.05, 3.63) is 29.4 Å². The summed E-state index contributed by atoms with van der Waals surface area (Å²) in [5, 5.41) is 12.5. The smallest absolute Gasteiger partial charge is 0.515 e. The van der Waals surface area contributed by atoms with Crippen molar-refractivity contribution in [1.29, 1.82) is 0 Å². The van der Waals surface area contributed by atoms with E-state index >= 15 is 0 Å². The van der Waals surface area contributed by atoms with Gasteiger partial charge in [-0.2, -0.15) is 5.10 Å². The normalized spacial score (nSPS) is 25.3. The van der Waals surface area contributed by atoms with Crippen LogP contribution in [0, 0.1) is 11.8 Å². The standard InChI is InChI=1S/C14H19N5S.Cu/c20-14(18-16-8-13-2-1-7-15-17-13)19-9-11-3-4-12(10-19)6-5-11;/h1-2,7-8,11-12H,3-6,9-10H2,(H,17,18,20);/q;+1. The molecule has 0 radical (unpaired) electrons. The predicted molar refractivity (Wildman–Crippen MR) is 83.8 cm³/mol. The van der Waals surface area contributed by atoms with E-state index in [2.05, 4.69) is 37.8 Å². The van der Waals surface area contributed by atoms with Gasteiger partial charge >= 0.3 is 17.1 Å². The van der Waals surface area contributed by atoms with Gasteiger partial charge in [-0.15, -0.1) is 5.10 Å². The molecule has 0 amide bonds. The van der Waals surface area contributed by atoms with Crippen LogP contribution in [0.1, 0.15) is 31.4 Å². The third-order valence-corrected chi connectivity index (χ3v) is 4.51. The fourth-order valence-electron chi connectivity index (χ4n) is 3.04. The largest absolute Gasteiger partial charge is 1.00 e. The molecule has 4 rings (SSSR count). The fraction of sp³-hybridized carbons (Fsp3) is 0.571. The molecule has 2 saturated heterocycles. The Hall–Kier alpha value is -0.881. The molecule has 2 aliphatic heterocycles. The van der Waals surface area contributed by atoms with Crippen molar-refractivity contribution >= 4 is 23.5 Å². The van der Waals surface area contributed by atoms with Crippen LogP contribution in [0.25, 0.3) is 5.43 Å². The average molecular weight is 353 g/mol. The van der Waals surface area contributed by atoms with Gasteiger partial charge < -0.3 is 10.5 Å². The average Bonchev–Trinajstić information content (AvgIpc) is 2.82. The van der Waals surface area contributed by atoms with Crippen molar-refractivity contribution in [2.45, 2.75) is 25.7 Å². The first-order valence-corrected chi connectivity index (χ1v) is 7.58. The summed E-state index contributed by atoms with van der Waals surface area (Å²) >= 11 is 4.50. The second-order valence-electron chi connectivity index (χ2n) is 5.58. The van der Waals surface area contributed by atoms with Crippen LogP contribution in [-0.2, 0) is 29.3 Å². The fourth-order valence-corrected chi connectivity index (χ4v) is 3.26. The molecule has 1 aliphatic carbocycles. The molecule has 3 heterocycles. The van der Waals surface area contributed by atoms with Crippen LogP contribution in [0.5, 0.6) is 0 Å². The minimum atomic E-state index is 0. The molecule has 1 aromatic heterocycles. The van der Waals surface area contributed by atoms with E-state index in [1.54, 1.807) is 12.4 Å². The number of nitrogens with zero attached hydrogens (tertiary/aromatic N) is 5. The zero-order valence-electron chi connectivity index (χ0n) is 11.7. The van der Waals surface area contributed by atoms with E-state index in [1.807, 2.05) is 12.1 Å². The maximum Gasteiger partial charge on any atom is 1.00 e. The first-order valence-electron chi connectivity index (χ1n) is 7.14. The first kappa shape index (κ1) is 16.5. The van der Waals surface area contributed by atoms with Gasteiger partial charge in [0.1, 0.15) is 5.69 Å². The topological polar surface area (TPSA) is 55.5 Å². The summed E-state index contributed by atoms with van der Waals surface area (Å²) in [7, 11) is 0.